The molecule has 0 saturated heterocycles. The van der Waals surface area contributed by atoms with Gasteiger partial charge in [0.25, 0.3) is 0 Å². The quantitative estimate of drug-likeness (QED) is 0.0431. The van der Waals surface area contributed by atoms with E-state index in [9.17, 15) is 0 Å². The fourth-order valence-corrected chi connectivity index (χ4v) is 8.48. The van der Waals surface area contributed by atoms with Gasteiger partial charge in [0.2, 0.25) is 0 Å². The first-order chi connectivity index (χ1) is 31.2. The van der Waals surface area contributed by atoms with Crippen molar-refractivity contribution in [3.05, 3.63) is 16.0 Å². The van der Waals surface area contributed by atoms with E-state index in [1.54, 1.807) is 0 Å². The summed E-state index contributed by atoms with van der Waals surface area (Å²) >= 11 is 0. The van der Waals surface area contributed by atoms with Crippen LogP contribution >= 0.6 is 0 Å². The van der Waals surface area contributed by atoms with Gasteiger partial charge in [-0.2, -0.15) is 0 Å². The third kappa shape index (κ3) is 85.2. The Balaban J connectivity index is -0.000000273. The molecule has 0 atom stereocenters. The molecule has 0 aliphatic carbocycles. The number of rotatable bonds is 54. The van der Waals surface area contributed by atoms with Crippen molar-refractivity contribution < 1.29 is 34.1 Å². The molecule has 5 heteroatoms. The summed E-state index contributed by atoms with van der Waals surface area (Å²) in [6.45, 7) is 20.4. The predicted octanol–water partition coefficient (Wildman–Crippen LogP) is 19.9. The molecule has 65 heavy (non-hydrogen) atoms. The molecule has 0 bridgehead atoms. The predicted molar refractivity (Wildman–Crippen MR) is 295 cm³/mol. The molecule has 393 valence electrons. The minimum atomic E-state index is 0. The second-order valence-corrected chi connectivity index (χ2v) is 19.9. The van der Waals surface area contributed by atoms with Crippen LogP contribution in [-0.4, -0.2) is 39.3 Å². The second kappa shape index (κ2) is 79.0. The molecule has 0 spiro atoms. The molecule has 0 aliphatic rings. The van der Waals surface area contributed by atoms with Gasteiger partial charge in [0.1, 0.15) is 0 Å². The maximum Gasteiger partial charge on any atom is 3.00 e. The van der Waals surface area contributed by atoms with Crippen molar-refractivity contribution in [3.8, 4) is 0 Å². The summed E-state index contributed by atoms with van der Waals surface area (Å²) in [4.78, 5) is 0. The van der Waals surface area contributed by atoms with Gasteiger partial charge in [-0.3, -0.25) is 0 Å². The summed E-state index contributed by atoms with van der Waals surface area (Å²) < 4.78 is 0. The minimum Gasteiger partial charge on any atom is -1.00 e. The SMILES string of the molecule is CCCCCCCCCC[N-]CCCCCCCCCC.CCCCCCCCCC[N-]CCCCCCCCCC.CCCCCCCCCC[N-]CCCCCCCCCC.[Cl-].[Ti+3]. The molecule has 0 saturated carbocycles. The molecular formula is C60H126ClN3Ti-. The van der Waals surface area contributed by atoms with E-state index in [2.05, 4.69) is 57.5 Å². The molecule has 0 aromatic heterocycles. The number of hydrogen-bond acceptors (Lipinski definition) is 0. The number of hydrogen-bond donors (Lipinski definition) is 0. The molecule has 0 rings (SSSR count). The largest absolute Gasteiger partial charge is 3.00 e. The molecule has 0 aliphatic heterocycles. The number of nitrogens with zero attached hydrogens (tertiary/aromatic N) is 3. The molecule has 0 fully saturated rings. The molecular weight excluding hydrogens is 846 g/mol. The number of unbranched alkanes of at least 4 members (excludes halogenated alkanes) is 42. The fraction of sp³-hybridized carbons (Fsp3) is 1.00. The Labute approximate surface area is 436 Å². The first-order valence-corrected chi connectivity index (χ1v) is 30.1. The van der Waals surface area contributed by atoms with E-state index in [1.165, 1.54) is 308 Å². The maximum atomic E-state index is 4.67. The summed E-state index contributed by atoms with van der Waals surface area (Å²) in [6, 6.07) is 0. The first-order valence-electron chi connectivity index (χ1n) is 30.1. The molecule has 0 aromatic carbocycles. The van der Waals surface area contributed by atoms with Gasteiger partial charge in [-0.1, -0.05) is 350 Å². The van der Waals surface area contributed by atoms with Gasteiger partial charge in [0.15, 0.2) is 0 Å². The summed E-state index contributed by atoms with van der Waals surface area (Å²) in [5, 5.41) is 14.0. The van der Waals surface area contributed by atoms with Crippen LogP contribution in [0.3, 0.4) is 0 Å². The van der Waals surface area contributed by atoms with Crippen LogP contribution in [0.5, 0.6) is 0 Å². The Morgan fingerprint density at radius 3 is 0.354 bits per heavy atom. The molecule has 0 amide bonds. The standard InChI is InChI=1S/3C20H42N.ClH.Ti/c3*1-3-5-7-9-11-13-15-17-19-21-20-18-16-14-12-10-8-6-4-2;;/h3*3-20H2,1-2H3;1H;/q3*-1;;+3/p-1. The molecule has 3 nitrogen and oxygen atoms in total. The monoisotopic (exact) mass is 972 g/mol. The summed E-state index contributed by atoms with van der Waals surface area (Å²) in [7, 11) is 0. The van der Waals surface area contributed by atoms with E-state index in [-0.39, 0.29) is 34.1 Å². The summed E-state index contributed by atoms with van der Waals surface area (Å²) in [6.07, 6.45) is 67.6. The van der Waals surface area contributed by atoms with E-state index in [1.807, 2.05) is 0 Å². The zero-order chi connectivity index (χ0) is 46.3. The van der Waals surface area contributed by atoms with E-state index in [0.29, 0.717) is 0 Å². The smallest absolute Gasteiger partial charge is 1.00 e. The van der Waals surface area contributed by atoms with Crippen molar-refractivity contribution in [2.45, 2.75) is 350 Å². The van der Waals surface area contributed by atoms with Crippen molar-refractivity contribution in [2.75, 3.05) is 39.3 Å². The molecule has 0 aromatic rings. The van der Waals surface area contributed by atoms with Gasteiger partial charge in [0.05, 0.1) is 0 Å². The van der Waals surface area contributed by atoms with Crippen molar-refractivity contribution in [3.63, 3.8) is 0 Å². The van der Waals surface area contributed by atoms with Crippen molar-refractivity contribution in [2.24, 2.45) is 0 Å². The fourth-order valence-electron chi connectivity index (χ4n) is 8.48. The van der Waals surface area contributed by atoms with Crippen LogP contribution in [0.15, 0.2) is 0 Å². The van der Waals surface area contributed by atoms with Crippen LogP contribution in [-0.2, 0) is 21.7 Å². The van der Waals surface area contributed by atoms with Crippen LogP contribution in [0.2, 0.25) is 0 Å². The van der Waals surface area contributed by atoms with Crippen LogP contribution in [0.1, 0.15) is 350 Å². The molecule has 0 N–H and O–H groups in total. The van der Waals surface area contributed by atoms with E-state index in [4.69, 9.17) is 0 Å². The van der Waals surface area contributed by atoms with E-state index in [0.717, 1.165) is 39.3 Å². The van der Waals surface area contributed by atoms with Crippen molar-refractivity contribution >= 4 is 0 Å². The maximum absolute atomic E-state index is 4.67. The Morgan fingerprint density at radius 2 is 0.246 bits per heavy atom. The van der Waals surface area contributed by atoms with Crippen LogP contribution in [0.25, 0.3) is 16.0 Å². The van der Waals surface area contributed by atoms with E-state index >= 15 is 0 Å². The zero-order valence-electron chi connectivity index (χ0n) is 46.4. The van der Waals surface area contributed by atoms with Gasteiger partial charge in [0, 0.05) is 0 Å². The summed E-state index contributed by atoms with van der Waals surface area (Å²) in [5.74, 6) is 0. The first kappa shape index (κ1) is 74.8. The Bertz CT molecular complexity index is 553. The molecule has 0 heterocycles. The van der Waals surface area contributed by atoms with Crippen molar-refractivity contribution in [1.82, 2.24) is 0 Å². The van der Waals surface area contributed by atoms with Crippen molar-refractivity contribution in [1.29, 1.82) is 0 Å². The zero-order valence-corrected chi connectivity index (χ0v) is 48.7. The van der Waals surface area contributed by atoms with Gasteiger partial charge in [-0.25, -0.2) is 0 Å². The Morgan fingerprint density at radius 1 is 0.154 bits per heavy atom. The average Bonchev–Trinajstić information content (AvgIpc) is 3.30. The number of halogens is 1. The summed E-state index contributed by atoms with van der Waals surface area (Å²) in [5.41, 5.74) is 0. The average molecular weight is 973 g/mol. The Hall–Kier alpha value is 0.884. The van der Waals surface area contributed by atoms with E-state index < -0.39 is 0 Å². The minimum absolute atomic E-state index is 0. The third-order valence-electron chi connectivity index (χ3n) is 13.0. The van der Waals surface area contributed by atoms with Gasteiger partial charge < -0.3 is 28.4 Å². The van der Waals surface area contributed by atoms with Crippen LogP contribution in [0.4, 0.5) is 0 Å². The van der Waals surface area contributed by atoms with Gasteiger partial charge in [-0.05, 0) is 0 Å². The molecule has 0 unspecified atom stereocenters. The topological polar surface area (TPSA) is 42.3 Å². The van der Waals surface area contributed by atoms with Gasteiger partial charge >= 0.3 is 21.7 Å². The van der Waals surface area contributed by atoms with Gasteiger partial charge in [-0.15, -0.1) is 39.3 Å². The van der Waals surface area contributed by atoms with Crippen LogP contribution in [0, 0.1) is 0 Å². The third-order valence-corrected chi connectivity index (χ3v) is 13.0. The molecule has 1 radical (unpaired) electrons. The second-order valence-electron chi connectivity index (χ2n) is 19.9. The Kier molecular flexibility index (Phi) is 91.0. The normalized spacial score (nSPS) is 10.8. The van der Waals surface area contributed by atoms with Crippen LogP contribution < -0.4 is 12.4 Å².